The minimum absolute atomic E-state index is 0. The van der Waals surface area contributed by atoms with E-state index in [0.717, 1.165) is 0 Å². The Hall–Kier alpha value is -0.240. The molecule has 0 saturated carbocycles. The van der Waals surface area contributed by atoms with E-state index in [-0.39, 0.29) is 7.43 Å². The largest absolute Gasteiger partial charge is 0.453 e. The van der Waals surface area contributed by atoms with Crippen molar-refractivity contribution in [2.75, 3.05) is 6.61 Å². The van der Waals surface area contributed by atoms with Gasteiger partial charge in [0, 0.05) is 11.6 Å². The van der Waals surface area contributed by atoms with Gasteiger partial charge in [0.25, 0.3) is 0 Å². The lowest BCUT2D eigenvalue weighted by atomic mass is 10.2. The highest BCUT2D eigenvalue weighted by atomic mass is 35.5. The lowest BCUT2D eigenvalue weighted by Gasteiger charge is -2.00. The standard InChI is InChI=1S/C5H9ClO2.CH4/c1-4(2)3-8-5(6)7;/h4H,3H2,1-2H3;1H4. The molecular formula is C6H13ClO2. The summed E-state index contributed by atoms with van der Waals surface area (Å²) in [6, 6.07) is 0. The van der Waals surface area contributed by atoms with Crippen LogP contribution in [0.1, 0.15) is 21.3 Å². The van der Waals surface area contributed by atoms with Gasteiger partial charge in [0.15, 0.2) is 0 Å². The third-order valence-corrected chi connectivity index (χ3v) is 0.639. The van der Waals surface area contributed by atoms with E-state index in [0.29, 0.717) is 12.5 Å². The second-order valence-electron chi connectivity index (χ2n) is 1.94. The van der Waals surface area contributed by atoms with Gasteiger partial charge in [0.2, 0.25) is 0 Å². The highest BCUT2D eigenvalue weighted by molar-refractivity contribution is 6.61. The van der Waals surface area contributed by atoms with Crippen molar-refractivity contribution in [1.29, 1.82) is 0 Å². The number of halogens is 1. The predicted octanol–water partition coefficient (Wildman–Crippen LogP) is 2.65. The first-order valence-corrected chi connectivity index (χ1v) is 2.83. The van der Waals surface area contributed by atoms with Crippen LogP contribution in [-0.4, -0.2) is 12.0 Å². The highest BCUT2D eigenvalue weighted by Crippen LogP contribution is 1.94. The third kappa shape index (κ3) is 11.4. The van der Waals surface area contributed by atoms with Crippen molar-refractivity contribution in [3.05, 3.63) is 0 Å². The lowest BCUT2D eigenvalue weighted by molar-refractivity contribution is 0.159. The van der Waals surface area contributed by atoms with Crippen LogP contribution in [0, 0.1) is 5.92 Å². The van der Waals surface area contributed by atoms with Crippen molar-refractivity contribution < 1.29 is 9.53 Å². The molecule has 3 heteroatoms. The van der Waals surface area contributed by atoms with Crippen LogP contribution in [0.15, 0.2) is 0 Å². The molecule has 0 amide bonds. The second-order valence-corrected chi connectivity index (χ2v) is 2.25. The Bertz CT molecular complexity index is 81.1. The Kier molecular flexibility index (Phi) is 7.55. The summed E-state index contributed by atoms with van der Waals surface area (Å²) in [5, 5.41) is 0. The summed E-state index contributed by atoms with van der Waals surface area (Å²) < 4.78 is 4.43. The van der Waals surface area contributed by atoms with Crippen LogP contribution < -0.4 is 0 Å². The molecule has 0 aromatic carbocycles. The summed E-state index contributed by atoms with van der Waals surface area (Å²) in [6.45, 7) is 4.29. The molecule has 0 aromatic rings. The van der Waals surface area contributed by atoms with E-state index in [4.69, 9.17) is 11.6 Å². The van der Waals surface area contributed by atoms with Crippen molar-refractivity contribution in [2.45, 2.75) is 21.3 Å². The van der Waals surface area contributed by atoms with E-state index in [2.05, 4.69) is 4.74 Å². The number of ether oxygens (including phenoxy) is 1. The fourth-order valence-corrected chi connectivity index (χ4v) is 0.295. The van der Waals surface area contributed by atoms with E-state index in [1.54, 1.807) is 0 Å². The molecule has 0 radical (unpaired) electrons. The van der Waals surface area contributed by atoms with E-state index in [1.807, 2.05) is 13.8 Å². The van der Waals surface area contributed by atoms with Gasteiger partial charge in [-0.25, -0.2) is 4.79 Å². The van der Waals surface area contributed by atoms with Gasteiger partial charge in [-0.15, -0.1) is 0 Å². The summed E-state index contributed by atoms with van der Waals surface area (Å²) in [7, 11) is 0. The van der Waals surface area contributed by atoms with Crippen molar-refractivity contribution in [3.8, 4) is 0 Å². The molecule has 0 fully saturated rings. The summed E-state index contributed by atoms with van der Waals surface area (Å²) in [6.07, 6.45) is 0. The van der Waals surface area contributed by atoms with E-state index in [9.17, 15) is 4.79 Å². The van der Waals surface area contributed by atoms with Crippen LogP contribution in [0.5, 0.6) is 0 Å². The first kappa shape index (κ1) is 11.5. The van der Waals surface area contributed by atoms with Crippen LogP contribution in [0.4, 0.5) is 4.79 Å². The van der Waals surface area contributed by atoms with Gasteiger partial charge in [-0.2, -0.15) is 0 Å². The van der Waals surface area contributed by atoms with Gasteiger partial charge in [0.1, 0.15) is 0 Å². The molecule has 0 saturated heterocycles. The lowest BCUT2D eigenvalue weighted by Crippen LogP contribution is -2.02. The van der Waals surface area contributed by atoms with Gasteiger partial charge in [-0.1, -0.05) is 21.3 Å². The number of rotatable bonds is 2. The molecule has 0 heterocycles. The van der Waals surface area contributed by atoms with Crippen LogP contribution in [0.3, 0.4) is 0 Å². The summed E-state index contributed by atoms with van der Waals surface area (Å²) in [5.41, 5.74) is -0.723. The zero-order valence-corrected chi connectivity index (χ0v) is 5.73. The molecule has 0 aliphatic heterocycles. The van der Waals surface area contributed by atoms with Crippen molar-refractivity contribution in [1.82, 2.24) is 0 Å². The van der Waals surface area contributed by atoms with Crippen LogP contribution >= 0.6 is 11.6 Å². The van der Waals surface area contributed by atoms with E-state index >= 15 is 0 Å². The Morgan fingerprint density at radius 1 is 1.67 bits per heavy atom. The Morgan fingerprint density at radius 2 is 2.11 bits per heavy atom. The van der Waals surface area contributed by atoms with Crippen molar-refractivity contribution >= 4 is 17.0 Å². The zero-order chi connectivity index (χ0) is 6.57. The van der Waals surface area contributed by atoms with Crippen LogP contribution in [0.2, 0.25) is 0 Å². The van der Waals surface area contributed by atoms with Gasteiger partial charge in [-0.3, -0.25) is 0 Å². The average Bonchev–Trinajstić information content (AvgIpc) is 1.61. The number of hydrogen-bond acceptors (Lipinski definition) is 2. The molecule has 0 spiro atoms. The first-order valence-electron chi connectivity index (χ1n) is 2.45. The molecular weight excluding hydrogens is 140 g/mol. The normalized spacial score (nSPS) is 8.44. The second kappa shape index (κ2) is 5.89. The van der Waals surface area contributed by atoms with Crippen LogP contribution in [0.25, 0.3) is 0 Å². The number of carbonyl (C=O) groups excluding carboxylic acids is 1. The van der Waals surface area contributed by atoms with Gasteiger partial charge in [0.05, 0.1) is 6.61 Å². The van der Waals surface area contributed by atoms with Crippen molar-refractivity contribution in [2.24, 2.45) is 5.92 Å². The number of hydrogen-bond donors (Lipinski definition) is 0. The first-order chi connectivity index (χ1) is 3.63. The SMILES string of the molecule is C.CC(C)COC(=O)Cl. The molecule has 0 aliphatic rings. The average molecular weight is 153 g/mol. The molecule has 0 aromatic heterocycles. The molecule has 0 bridgehead atoms. The molecule has 56 valence electrons. The summed E-state index contributed by atoms with van der Waals surface area (Å²) in [4.78, 5) is 9.89. The summed E-state index contributed by atoms with van der Waals surface area (Å²) >= 11 is 4.86. The fraction of sp³-hybridized carbons (Fsp3) is 0.833. The van der Waals surface area contributed by atoms with Gasteiger partial charge in [-0.05, 0) is 5.92 Å². The highest BCUT2D eigenvalue weighted by Gasteiger charge is 1.96. The quantitative estimate of drug-likeness (QED) is 0.569. The fourth-order valence-electron chi connectivity index (χ4n) is 0.232. The molecule has 9 heavy (non-hydrogen) atoms. The Labute approximate surface area is 61.1 Å². The maximum atomic E-state index is 9.89. The Balaban J connectivity index is 0. The summed E-state index contributed by atoms with van der Waals surface area (Å²) in [5.74, 6) is 0.359. The maximum absolute atomic E-state index is 9.89. The van der Waals surface area contributed by atoms with Crippen LogP contribution in [-0.2, 0) is 4.74 Å². The van der Waals surface area contributed by atoms with E-state index in [1.165, 1.54) is 0 Å². The van der Waals surface area contributed by atoms with E-state index < -0.39 is 5.43 Å². The number of carbonyl (C=O) groups is 1. The third-order valence-electron chi connectivity index (χ3n) is 0.530. The molecule has 0 N–H and O–H groups in total. The Morgan fingerprint density at radius 3 is 2.22 bits per heavy atom. The molecule has 0 rings (SSSR count). The van der Waals surface area contributed by atoms with Gasteiger partial charge >= 0.3 is 5.43 Å². The monoisotopic (exact) mass is 152 g/mol. The smallest absolute Gasteiger partial charge is 0.403 e. The minimum Gasteiger partial charge on any atom is -0.453 e. The molecule has 0 aliphatic carbocycles. The zero-order valence-electron chi connectivity index (χ0n) is 4.98. The van der Waals surface area contributed by atoms with Crippen molar-refractivity contribution in [3.63, 3.8) is 0 Å². The molecule has 2 nitrogen and oxygen atoms in total. The molecule has 0 atom stereocenters. The maximum Gasteiger partial charge on any atom is 0.403 e. The predicted molar refractivity (Wildman–Crippen MR) is 38.8 cm³/mol. The minimum atomic E-state index is -0.723. The molecule has 0 unspecified atom stereocenters. The topological polar surface area (TPSA) is 26.3 Å². The van der Waals surface area contributed by atoms with Gasteiger partial charge < -0.3 is 4.74 Å².